The van der Waals surface area contributed by atoms with E-state index >= 15 is 0 Å². The van der Waals surface area contributed by atoms with Gasteiger partial charge in [0, 0.05) is 11.8 Å². The van der Waals surface area contributed by atoms with Crippen LogP contribution in [0, 0.1) is 17.8 Å². The summed E-state index contributed by atoms with van der Waals surface area (Å²) in [4.78, 5) is 12.1. The van der Waals surface area contributed by atoms with E-state index in [2.05, 4.69) is 6.92 Å². The lowest BCUT2D eigenvalue weighted by molar-refractivity contribution is -0.132. The molecule has 2 saturated carbocycles. The van der Waals surface area contributed by atoms with Gasteiger partial charge >= 0.3 is 0 Å². The van der Waals surface area contributed by atoms with Crippen molar-refractivity contribution < 1.29 is 4.79 Å². The molecule has 0 spiro atoms. The zero-order valence-electron chi connectivity index (χ0n) is 9.30. The molecule has 2 rings (SSSR count). The van der Waals surface area contributed by atoms with Crippen LogP contribution >= 0.6 is 0 Å². The van der Waals surface area contributed by atoms with Crippen molar-refractivity contribution in [2.75, 3.05) is 0 Å². The summed E-state index contributed by atoms with van der Waals surface area (Å²) in [5, 5.41) is 0. The van der Waals surface area contributed by atoms with E-state index in [1.165, 1.54) is 51.4 Å². The van der Waals surface area contributed by atoms with Gasteiger partial charge in [-0.25, -0.2) is 0 Å². The van der Waals surface area contributed by atoms with Gasteiger partial charge in [0.1, 0.15) is 5.78 Å². The third-order valence-corrected chi connectivity index (χ3v) is 4.31. The van der Waals surface area contributed by atoms with E-state index in [4.69, 9.17) is 0 Å². The monoisotopic (exact) mass is 194 g/mol. The molecule has 0 heterocycles. The molecule has 2 aliphatic rings. The molecule has 0 aliphatic heterocycles. The van der Waals surface area contributed by atoms with Crippen LogP contribution in [0.1, 0.15) is 58.3 Å². The first kappa shape index (κ1) is 10.2. The normalized spacial score (nSPS) is 33.8. The number of Topliss-reactive ketones (excluding diaryl/α,β-unsaturated/α-hetero) is 1. The Bertz CT molecular complexity index is 205. The second-order valence-corrected chi connectivity index (χ2v) is 5.09. The highest BCUT2D eigenvalue weighted by atomic mass is 16.1. The van der Waals surface area contributed by atoms with Crippen molar-refractivity contribution in [3.63, 3.8) is 0 Å². The van der Waals surface area contributed by atoms with Crippen molar-refractivity contribution in [1.82, 2.24) is 0 Å². The van der Waals surface area contributed by atoms with Gasteiger partial charge in [-0.1, -0.05) is 32.6 Å². The number of carbonyl (C=O) groups excluding carboxylic acids is 1. The minimum Gasteiger partial charge on any atom is -0.299 e. The summed E-state index contributed by atoms with van der Waals surface area (Å²) in [7, 11) is 0. The van der Waals surface area contributed by atoms with Gasteiger partial charge in [0.05, 0.1) is 0 Å². The molecule has 80 valence electrons. The summed E-state index contributed by atoms with van der Waals surface area (Å²) in [6.45, 7) is 2.25. The van der Waals surface area contributed by atoms with Crippen molar-refractivity contribution in [3.8, 4) is 0 Å². The summed E-state index contributed by atoms with van der Waals surface area (Å²) in [6.07, 6.45) is 10.0. The van der Waals surface area contributed by atoms with E-state index in [0.29, 0.717) is 17.6 Å². The fourth-order valence-electron chi connectivity index (χ4n) is 3.07. The molecule has 0 radical (unpaired) electrons. The number of carbonyl (C=O) groups is 1. The predicted molar refractivity (Wildman–Crippen MR) is 58.1 cm³/mol. The van der Waals surface area contributed by atoms with Gasteiger partial charge in [0.25, 0.3) is 0 Å². The fourth-order valence-corrected chi connectivity index (χ4v) is 3.07. The minimum atomic E-state index is 0.444. The first-order valence-electron chi connectivity index (χ1n) is 6.36. The fraction of sp³-hybridized carbons (Fsp3) is 0.923. The van der Waals surface area contributed by atoms with Gasteiger partial charge in [-0.15, -0.1) is 0 Å². The molecule has 2 atom stereocenters. The van der Waals surface area contributed by atoms with Crippen LogP contribution in [0.3, 0.4) is 0 Å². The largest absolute Gasteiger partial charge is 0.299 e. The number of ketones is 1. The molecule has 0 aromatic carbocycles. The minimum absolute atomic E-state index is 0.444. The average Bonchev–Trinajstić information content (AvgIpc) is 2.15. The van der Waals surface area contributed by atoms with Gasteiger partial charge in [-0.05, 0) is 31.6 Å². The summed E-state index contributed by atoms with van der Waals surface area (Å²) in [5.41, 5.74) is 0. The van der Waals surface area contributed by atoms with Gasteiger partial charge in [-0.2, -0.15) is 0 Å². The zero-order chi connectivity index (χ0) is 9.97. The van der Waals surface area contributed by atoms with Crippen molar-refractivity contribution in [3.05, 3.63) is 0 Å². The van der Waals surface area contributed by atoms with Crippen LogP contribution < -0.4 is 0 Å². The van der Waals surface area contributed by atoms with E-state index in [0.717, 1.165) is 5.92 Å². The highest BCUT2D eigenvalue weighted by molar-refractivity contribution is 5.84. The maximum absolute atomic E-state index is 12.1. The number of hydrogen-bond donors (Lipinski definition) is 0. The molecule has 0 saturated heterocycles. The van der Waals surface area contributed by atoms with Crippen LogP contribution in [-0.4, -0.2) is 5.78 Å². The molecule has 2 fully saturated rings. The standard InChI is InChI=1S/C13H22O/c1-2-10-6-3-4-9-12(10)13(14)11-7-5-8-11/h10-12H,2-9H2,1H3. The molecule has 0 aromatic rings. The summed E-state index contributed by atoms with van der Waals surface area (Å²) < 4.78 is 0. The highest BCUT2D eigenvalue weighted by Crippen LogP contribution is 2.38. The molecule has 0 aromatic heterocycles. The molecule has 0 N–H and O–H groups in total. The Hall–Kier alpha value is -0.330. The molecule has 2 aliphatic carbocycles. The van der Waals surface area contributed by atoms with E-state index in [9.17, 15) is 4.79 Å². The molecule has 0 bridgehead atoms. The first-order valence-corrected chi connectivity index (χ1v) is 6.36. The van der Waals surface area contributed by atoms with Crippen LogP contribution in [0.4, 0.5) is 0 Å². The topological polar surface area (TPSA) is 17.1 Å². The van der Waals surface area contributed by atoms with Crippen molar-refractivity contribution in [1.29, 1.82) is 0 Å². The van der Waals surface area contributed by atoms with E-state index in [1.54, 1.807) is 0 Å². The molecule has 1 nitrogen and oxygen atoms in total. The lowest BCUT2D eigenvalue weighted by atomic mass is 9.69. The Morgan fingerprint density at radius 3 is 2.36 bits per heavy atom. The van der Waals surface area contributed by atoms with Gasteiger partial charge in [0.15, 0.2) is 0 Å². The third kappa shape index (κ3) is 1.87. The SMILES string of the molecule is CCC1CCCCC1C(=O)C1CCC1. The van der Waals surface area contributed by atoms with Crippen molar-refractivity contribution in [2.24, 2.45) is 17.8 Å². The third-order valence-electron chi connectivity index (χ3n) is 4.31. The Morgan fingerprint density at radius 1 is 1.07 bits per heavy atom. The summed E-state index contributed by atoms with van der Waals surface area (Å²) in [6, 6.07) is 0. The van der Waals surface area contributed by atoms with Crippen LogP contribution in [0.15, 0.2) is 0 Å². The number of hydrogen-bond acceptors (Lipinski definition) is 1. The van der Waals surface area contributed by atoms with Crippen molar-refractivity contribution >= 4 is 5.78 Å². The second kappa shape index (κ2) is 4.46. The smallest absolute Gasteiger partial charge is 0.139 e. The van der Waals surface area contributed by atoms with Crippen LogP contribution in [0.5, 0.6) is 0 Å². The van der Waals surface area contributed by atoms with E-state index in [1.807, 2.05) is 0 Å². The quantitative estimate of drug-likeness (QED) is 0.671. The maximum Gasteiger partial charge on any atom is 0.139 e. The molecular weight excluding hydrogens is 172 g/mol. The van der Waals surface area contributed by atoms with Crippen LogP contribution in [0.2, 0.25) is 0 Å². The lowest BCUT2D eigenvalue weighted by Crippen LogP contribution is -2.34. The molecule has 2 unspecified atom stereocenters. The lowest BCUT2D eigenvalue weighted by Gasteiger charge is -2.35. The second-order valence-electron chi connectivity index (χ2n) is 5.09. The van der Waals surface area contributed by atoms with Crippen LogP contribution in [0.25, 0.3) is 0 Å². The van der Waals surface area contributed by atoms with Crippen molar-refractivity contribution in [2.45, 2.75) is 58.3 Å². The zero-order valence-corrected chi connectivity index (χ0v) is 9.30. The molecule has 1 heteroatoms. The van der Waals surface area contributed by atoms with Gasteiger partial charge in [-0.3, -0.25) is 4.79 Å². The Morgan fingerprint density at radius 2 is 1.79 bits per heavy atom. The average molecular weight is 194 g/mol. The molecular formula is C13H22O. The summed E-state index contributed by atoms with van der Waals surface area (Å²) in [5.74, 6) is 2.26. The van der Waals surface area contributed by atoms with E-state index in [-0.39, 0.29) is 0 Å². The first-order chi connectivity index (χ1) is 6.83. The van der Waals surface area contributed by atoms with E-state index < -0.39 is 0 Å². The van der Waals surface area contributed by atoms with Gasteiger partial charge < -0.3 is 0 Å². The molecule has 0 amide bonds. The highest BCUT2D eigenvalue weighted by Gasteiger charge is 2.35. The predicted octanol–water partition coefficient (Wildman–Crippen LogP) is 3.57. The molecule has 14 heavy (non-hydrogen) atoms. The maximum atomic E-state index is 12.1. The van der Waals surface area contributed by atoms with Gasteiger partial charge in [0.2, 0.25) is 0 Å². The summed E-state index contributed by atoms with van der Waals surface area (Å²) >= 11 is 0. The Labute approximate surface area is 87.3 Å². The Kier molecular flexibility index (Phi) is 3.25. The van der Waals surface area contributed by atoms with Crippen LogP contribution in [-0.2, 0) is 4.79 Å². The number of rotatable bonds is 3. The Balaban J connectivity index is 1.95.